The minimum atomic E-state index is -1.26. The maximum Gasteiger partial charge on any atom is 0.328 e. The van der Waals surface area contributed by atoms with Gasteiger partial charge in [-0.15, -0.1) is 0 Å². The summed E-state index contributed by atoms with van der Waals surface area (Å²) in [6.45, 7) is 0. The summed E-state index contributed by atoms with van der Waals surface area (Å²) in [5.41, 5.74) is 0. The van der Waals surface area contributed by atoms with Crippen molar-refractivity contribution in [1.82, 2.24) is 0 Å². The molecule has 14 heteroatoms. The molecule has 0 aliphatic rings. The zero-order valence-corrected chi connectivity index (χ0v) is 14.5. The molecular weight excluding hydrogens is 448 g/mol. The van der Waals surface area contributed by atoms with Crippen molar-refractivity contribution in [2.45, 2.75) is 0 Å². The molecule has 0 spiro atoms. The molecule has 0 aliphatic heterocycles. The van der Waals surface area contributed by atoms with Crippen LogP contribution in [0, 0.1) is 0 Å². The second kappa shape index (κ2) is 22.1. The first kappa shape index (κ1) is 34.4. The molecule has 0 bridgehead atoms. The molecule has 0 atom stereocenters. The number of carboxylic acid groups (broad SMARTS) is 6. The van der Waals surface area contributed by atoms with E-state index >= 15 is 0 Å². The molecule has 0 rings (SSSR count). The summed E-state index contributed by atoms with van der Waals surface area (Å²) in [7, 11) is 0. The Morgan fingerprint density at radius 1 is 0.346 bits per heavy atom. The molecule has 0 fully saturated rings. The molecule has 0 aromatic rings. The van der Waals surface area contributed by atoms with Crippen LogP contribution in [0.2, 0.25) is 0 Å². The first-order valence-corrected chi connectivity index (χ1v) is 5.30. The van der Waals surface area contributed by atoms with E-state index in [1.165, 1.54) is 0 Å². The minimum Gasteiger partial charge on any atom is -0.478 e. The van der Waals surface area contributed by atoms with Gasteiger partial charge >= 0.3 is 35.8 Å². The Balaban J connectivity index is -0.0000000817. The first-order valence-electron chi connectivity index (χ1n) is 5.30. The largest absolute Gasteiger partial charge is 0.478 e. The van der Waals surface area contributed by atoms with Crippen LogP contribution in [-0.2, 0) is 62.9 Å². The Hall–Kier alpha value is -2.92. The molecule has 0 radical (unpaired) electrons. The summed E-state index contributed by atoms with van der Waals surface area (Å²) in [4.78, 5) is 57.3. The van der Waals surface area contributed by atoms with Crippen LogP contribution >= 0.6 is 0 Å². The number of carbonyl (C=O) groups is 6. The molecule has 26 heavy (non-hydrogen) atoms. The number of hydrogen-bond donors (Lipinski definition) is 6. The topological polar surface area (TPSA) is 224 Å². The monoisotopic (exact) mass is 460 g/mol. The van der Waals surface area contributed by atoms with Crippen LogP contribution in [0.3, 0.4) is 0 Å². The Bertz CT molecular complexity index is 448. The summed E-state index contributed by atoms with van der Waals surface area (Å²) in [6.07, 6.45) is 3.35. The molecular formula is C12H12Fe2O12. The van der Waals surface area contributed by atoms with E-state index in [9.17, 15) is 28.8 Å². The molecule has 0 unspecified atom stereocenters. The molecule has 0 amide bonds. The van der Waals surface area contributed by atoms with Gasteiger partial charge in [-0.05, 0) is 0 Å². The third-order valence-corrected chi connectivity index (χ3v) is 1.11. The average molecular weight is 460 g/mol. The number of carboxylic acids is 6. The normalized spacial score (nSPS) is 8.77. The van der Waals surface area contributed by atoms with Gasteiger partial charge in [0.1, 0.15) is 0 Å². The van der Waals surface area contributed by atoms with Gasteiger partial charge in [-0.1, -0.05) is 0 Å². The third kappa shape index (κ3) is 58.2. The van der Waals surface area contributed by atoms with Gasteiger partial charge in [0.05, 0.1) is 0 Å². The summed E-state index contributed by atoms with van der Waals surface area (Å²) in [5.74, 6) is -7.54. The van der Waals surface area contributed by atoms with Gasteiger partial charge in [-0.3, -0.25) is 0 Å². The van der Waals surface area contributed by atoms with Gasteiger partial charge in [0.25, 0.3) is 0 Å². The van der Waals surface area contributed by atoms with E-state index < -0.39 is 35.8 Å². The number of aliphatic carboxylic acids is 6. The van der Waals surface area contributed by atoms with E-state index in [2.05, 4.69) is 0 Å². The van der Waals surface area contributed by atoms with Crippen LogP contribution < -0.4 is 0 Å². The van der Waals surface area contributed by atoms with Crippen molar-refractivity contribution in [1.29, 1.82) is 0 Å². The fourth-order valence-corrected chi connectivity index (χ4v) is 0.428. The molecule has 0 saturated heterocycles. The Kier molecular flexibility index (Phi) is 29.2. The Labute approximate surface area is 166 Å². The van der Waals surface area contributed by atoms with Crippen molar-refractivity contribution in [3.8, 4) is 0 Å². The first-order chi connectivity index (χ1) is 10.9. The number of hydrogen-bond acceptors (Lipinski definition) is 6. The standard InChI is InChI=1S/3C4H4O4.2Fe/c3*5-3(6)1-2-4(7)8;;/h3*1-2H,(H,5,6)(H,7,8);;/b3*2-1-;;. The average Bonchev–Trinajstić information content (AvgIpc) is 2.42. The Morgan fingerprint density at radius 2 is 0.423 bits per heavy atom. The van der Waals surface area contributed by atoms with Gasteiger partial charge in [0, 0.05) is 70.6 Å². The number of rotatable bonds is 6. The van der Waals surface area contributed by atoms with Crippen LogP contribution in [-0.4, -0.2) is 66.5 Å². The molecule has 148 valence electrons. The fraction of sp³-hybridized carbons (Fsp3) is 0. The summed E-state index contributed by atoms with van der Waals surface area (Å²) < 4.78 is 0. The zero-order valence-electron chi connectivity index (χ0n) is 12.3. The minimum absolute atomic E-state index is 0. The van der Waals surface area contributed by atoms with Crippen molar-refractivity contribution in [2.24, 2.45) is 0 Å². The molecule has 6 N–H and O–H groups in total. The third-order valence-electron chi connectivity index (χ3n) is 1.11. The molecule has 0 aliphatic carbocycles. The van der Waals surface area contributed by atoms with Crippen LogP contribution in [0.1, 0.15) is 0 Å². The SMILES string of the molecule is O=C(O)/C=C\C(=O)O.O=C(O)/C=C\C(=O)O.O=C(O)/C=C\C(=O)O.[Fe].[Fe]. The maximum absolute atomic E-state index is 9.55. The zero-order chi connectivity index (χ0) is 19.7. The quantitative estimate of drug-likeness (QED) is 0.210. The van der Waals surface area contributed by atoms with E-state index in [1.807, 2.05) is 0 Å². The van der Waals surface area contributed by atoms with Gasteiger partial charge in [-0.2, -0.15) is 0 Å². The van der Waals surface area contributed by atoms with Gasteiger partial charge in [0.2, 0.25) is 0 Å². The van der Waals surface area contributed by atoms with E-state index in [4.69, 9.17) is 30.6 Å². The predicted octanol–water partition coefficient (Wildman–Crippen LogP) is -0.870. The van der Waals surface area contributed by atoms with Gasteiger partial charge < -0.3 is 30.6 Å². The van der Waals surface area contributed by atoms with Crippen LogP contribution in [0.5, 0.6) is 0 Å². The van der Waals surface area contributed by atoms with Gasteiger partial charge in [0.15, 0.2) is 0 Å². The maximum atomic E-state index is 9.55. The Morgan fingerprint density at radius 3 is 0.462 bits per heavy atom. The van der Waals surface area contributed by atoms with Crippen molar-refractivity contribution >= 4 is 35.8 Å². The van der Waals surface area contributed by atoms with Crippen molar-refractivity contribution in [2.75, 3.05) is 0 Å². The van der Waals surface area contributed by atoms with Crippen molar-refractivity contribution in [3.05, 3.63) is 36.5 Å². The van der Waals surface area contributed by atoms with Crippen molar-refractivity contribution in [3.63, 3.8) is 0 Å². The molecule has 12 nitrogen and oxygen atoms in total. The van der Waals surface area contributed by atoms with Crippen molar-refractivity contribution < 1.29 is 93.5 Å². The predicted molar refractivity (Wildman–Crippen MR) is 73.2 cm³/mol. The smallest absolute Gasteiger partial charge is 0.328 e. The molecule has 0 aromatic heterocycles. The van der Waals surface area contributed by atoms with E-state index in [1.54, 1.807) is 0 Å². The second-order valence-electron chi connectivity index (χ2n) is 3.03. The molecule has 0 aromatic carbocycles. The van der Waals surface area contributed by atoms with E-state index in [0.29, 0.717) is 36.5 Å². The summed E-state index contributed by atoms with van der Waals surface area (Å²) >= 11 is 0. The summed E-state index contributed by atoms with van der Waals surface area (Å²) in [5, 5.41) is 46.9. The van der Waals surface area contributed by atoms with Crippen LogP contribution in [0.25, 0.3) is 0 Å². The second-order valence-corrected chi connectivity index (χ2v) is 3.03. The van der Waals surface area contributed by atoms with Crippen LogP contribution in [0.4, 0.5) is 0 Å². The van der Waals surface area contributed by atoms with E-state index in [0.717, 1.165) is 0 Å². The van der Waals surface area contributed by atoms with Crippen LogP contribution in [0.15, 0.2) is 36.5 Å². The molecule has 0 heterocycles. The fourth-order valence-electron chi connectivity index (χ4n) is 0.428. The van der Waals surface area contributed by atoms with E-state index in [-0.39, 0.29) is 34.1 Å². The molecule has 0 saturated carbocycles. The summed E-state index contributed by atoms with van der Waals surface area (Å²) in [6, 6.07) is 0. The van der Waals surface area contributed by atoms with Gasteiger partial charge in [-0.25, -0.2) is 28.8 Å².